The van der Waals surface area contributed by atoms with Crippen LogP contribution in [-0.4, -0.2) is 58.3 Å². The van der Waals surface area contributed by atoms with Gasteiger partial charge in [0.15, 0.2) is 0 Å². The van der Waals surface area contributed by atoms with Crippen LogP contribution in [0.3, 0.4) is 0 Å². The van der Waals surface area contributed by atoms with E-state index in [1.807, 2.05) is 42.5 Å². The van der Waals surface area contributed by atoms with Crippen LogP contribution in [0.25, 0.3) is 0 Å². The summed E-state index contributed by atoms with van der Waals surface area (Å²) in [5.41, 5.74) is 9.08. The van der Waals surface area contributed by atoms with Gasteiger partial charge in [-0.25, -0.2) is 8.42 Å². The number of piperazine rings is 1. The number of nitrogens with zero attached hydrogens (tertiary/aromatic N) is 2. The maximum Gasteiger partial charge on any atom is 0.229 e. The Morgan fingerprint density at radius 2 is 1.71 bits per heavy atom. The lowest BCUT2D eigenvalue weighted by Gasteiger charge is -2.37. The third-order valence-corrected chi connectivity index (χ3v) is 5.66. The van der Waals surface area contributed by atoms with Crippen LogP contribution in [0.2, 0.25) is 5.02 Å². The van der Waals surface area contributed by atoms with Crippen LogP contribution in [0, 0.1) is 0 Å². The molecule has 0 saturated carbocycles. The van der Waals surface area contributed by atoms with Gasteiger partial charge in [0, 0.05) is 43.8 Å². The topological polar surface area (TPSA) is 78.7 Å². The predicted molar refractivity (Wildman–Crippen MR) is 117 cm³/mol. The molecule has 8 heteroatoms. The van der Waals surface area contributed by atoms with E-state index >= 15 is 0 Å². The number of sulfonamides is 1. The second-order valence-electron chi connectivity index (χ2n) is 7.27. The molecule has 2 aromatic carbocycles. The first-order valence-corrected chi connectivity index (χ1v) is 11.6. The van der Waals surface area contributed by atoms with E-state index < -0.39 is 10.0 Å². The van der Waals surface area contributed by atoms with Gasteiger partial charge in [-0.1, -0.05) is 35.9 Å². The molecule has 0 spiro atoms. The van der Waals surface area contributed by atoms with E-state index in [1.165, 1.54) is 11.8 Å². The molecule has 1 saturated heterocycles. The smallest absolute Gasteiger partial charge is 0.229 e. The molecule has 1 aliphatic heterocycles. The first kappa shape index (κ1) is 20.9. The number of nitrogens with two attached hydrogens (primary N) is 1. The lowest BCUT2D eigenvalue weighted by molar-refractivity contribution is 0.242. The van der Waals surface area contributed by atoms with Gasteiger partial charge in [-0.15, -0.1) is 0 Å². The fourth-order valence-corrected chi connectivity index (χ4v) is 4.22. The van der Waals surface area contributed by atoms with Crippen LogP contribution in [-0.2, 0) is 16.4 Å². The first-order chi connectivity index (χ1) is 13.3. The summed E-state index contributed by atoms with van der Waals surface area (Å²) in [6.07, 6.45) is 1.99. The van der Waals surface area contributed by atoms with Gasteiger partial charge in [0.05, 0.1) is 17.6 Å². The maximum absolute atomic E-state index is 11.6. The minimum Gasteiger partial charge on any atom is -0.367 e. The number of hydrogen-bond donors (Lipinski definition) is 2. The maximum atomic E-state index is 11.6. The molecule has 0 amide bonds. The van der Waals surface area contributed by atoms with Crippen molar-refractivity contribution in [3.05, 3.63) is 59.1 Å². The molecule has 1 aliphatic rings. The highest BCUT2D eigenvalue weighted by atomic mass is 35.5. The van der Waals surface area contributed by atoms with E-state index in [2.05, 4.69) is 14.5 Å². The molecule has 152 valence electrons. The Bertz CT molecular complexity index is 881. The molecule has 2 aromatic rings. The molecule has 0 bridgehead atoms. The summed E-state index contributed by atoms with van der Waals surface area (Å²) in [7, 11) is -3.31. The minimum atomic E-state index is -3.31. The SMILES string of the molecule is CS(=O)(=O)Nc1ccccc1N1CCN(C[C@@H](N)Cc2ccc(Cl)cc2)CC1. The number of anilines is 2. The molecule has 3 rings (SSSR count). The number of nitrogens with one attached hydrogen (secondary N) is 1. The number of para-hydroxylation sites is 2. The lowest BCUT2D eigenvalue weighted by atomic mass is 10.1. The number of benzene rings is 2. The lowest BCUT2D eigenvalue weighted by Crippen LogP contribution is -2.50. The second kappa shape index (κ2) is 9.13. The van der Waals surface area contributed by atoms with Gasteiger partial charge in [0.2, 0.25) is 10.0 Å². The number of hydrogen-bond acceptors (Lipinski definition) is 5. The average molecular weight is 423 g/mol. The van der Waals surface area contributed by atoms with Gasteiger partial charge in [0.25, 0.3) is 0 Å². The molecular weight excluding hydrogens is 396 g/mol. The summed E-state index contributed by atoms with van der Waals surface area (Å²) in [4.78, 5) is 4.58. The number of rotatable bonds is 7. The van der Waals surface area contributed by atoms with E-state index in [1.54, 1.807) is 6.07 Å². The molecule has 3 N–H and O–H groups in total. The monoisotopic (exact) mass is 422 g/mol. The Labute approximate surface area is 172 Å². The molecule has 0 radical (unpaired) electrons. The van der Waals surface area contributed by atoms with Crippen molar-refractivity contribution in [2.24, 2.45) is 5.73 Å². The number of halogens is 1. The van der Waals surface area contributed by atoms with E-state index in [4.69, 9.17) is 17.3 Å². The van der Waals surface area contributed by atoms with Gasteiger partial charge < -0.3 is 10.6 Å². The summed E-state index contributed by atoms with van der Waals surface area (Å²) in [6, 6.07) is 15.4. The van der Waals surface area contributed by atoms with Crippen molar-refractivity contribution in [2.45, 2.75) is 12.5 Å². The summed E-state index contributed by atoms with van der Waals surface area (Å²) in [5.74, 6) is 0. The third kappa shape index (κ3) is 6.10. The summed E-state index contributed by atoms with van der Waals surface area (Å²) in [6.45, 7) is 4.27. The van der Waals surface area contributed by atoms with Gasteiger partial charge in [-0.05, 0) is 36.2 Å². The molecule has 0 aliphatic carbocycles. The third-order valence-electron chi connectivity index (χ3n) is 4.82. The van der Waals surface area contributed by atoms with Crippen molar-refractivity contribution in [1.82, 2.24) is 4.90 Å². The molecule has 28 heavy (non-hydrogen) atoms. The normalized spacial score (nSPS) is 16.8. The molecule has 1 fully saturated rings. The van der Waals surface area contributed by atoms with Crippen molar-refractivity contribution < 1.29 is 8.42 Å². The van der Waals surface area contributed by atoms with E-state index in [-0.39, 0.29) is 6.04 Å². The Kier molecular flexibility index (Phi) is 6.82. The van der Waals surface area contributed by atoms with Crippen LogP contribution < -0.4 is 15.4 Å². The van der Waals surface area contributed by atoms with E-state index in [0.717, 1.165) is 49.9 Å². The summed E-state index contributed by atoms with van der Waals surface area (Å²) in [5, 5.41) is 0.735. The molecule has 0 unspecified atom stereocenters. The second-order valence-corrected chi connectivity index (χ2v) is 9.45. The van der Waals surface area contributed by atoms with Crippen LogP contribution in [0.5, 0.6) is 0 Å². The Morgan fingerprint density at radius 3 is 2.36 bits per heavy atom. The minimum absolute atomic E-state index is 0.0620. The fourth-order valence-electron chi connectivity index (χ4n) is 3.53. The van der Waals surface area contributed by atoms with Crippen molar-refractivity contribution >= 4 is 33.0 Å². The van der Waals surface area contributed by atoms with E-state index in [0.29, 0.717) is 5.69 Å². The van der Waals surface area contributed by atoms with Crippen molar-refractivity contribution in [3.63, 3.8) is 0 Å². The Balaban J connectivity index is 1.54. The van der Waals surface area contributed by atoms with Crippen LogP contribution >= 0.6 is 11.6 Å². The van der Waals surface area contributed by atoms with Crippen molar-refractivity contribution in [3.8, 4) is 0 Å². The van der Waals surface area contributed by atoms with Crippen LogP contribution in [0.1, 0.15) is 5.56 Å². The average Bonchev–Trinajstić information content (AvgIpc) is 2.63. The van der Waals surface area contributed by atoms with Crippen LogP contribution in [0.4, 0.5) is 11.4 Å². The van der Waals surface area contributed by atoms with Gasteiger partial charge in [0.1, 0.15) is 0 Å². The largest absolute Gasteiger partial charge is 0.367 e. The molecule has 1 heterocycles. The predicted octanol–water partition coefficient (Wildman–Crippen LogP) is 2.40. The van der Waals surface area contributed by atoms with Gasteiger partial charge >= 0.3 is 0 Å². The van der Waals surface area contributed by atoms with Crippen LogP contribution in [0.15, 0.2) is 48.5 Å². The highest BCUT2D eigenvalue weighted by molar-refractivity contribution is 7.92. The Hall–Kier alpha value is -1.80. The van der Waals surface area contributed by atoms with Crippen molar-refractivity contribution in [2.75, 3.05) is 48.6 Å². The molecule has 1 atom stereocenters. The molecule has 6 nitrogen and oxygen atoms in total. The zero-order chi connectivity index (χ0) is 20.1. The first-order valence-electron chi connectivity index (χ1n) is 9.34. The quantitative estimate of drug-likeness (QED) is 0.716. The zero-order valence-electron chi connectivity index (χ0n) is 16.0. The highest BCUT2D eigenvalue weighted by Crippen LogP contribution is 2.27. The standard InChI is InChI=1S/C20H27ClN4O2S/c1-28(26,27)23-19-4-2-3-5-20(19)25-12-10-24(11-13-25)15-18(22)14-16-6-8-17(21)9-7-16/h2-9,18,23H,10-15,22H2,1H3/t18-/m0/s1. The highest BCUT2D eigenvalue weighted by Gasteiger charge is 2.21. The molecule has 0 aromatic heterocycles. The zero-order valence-corrected chi connectivity index (χ0v) is 17.6. The Morgan fingerprint density at radius 1 is 1.07 bits per heavy atom. The van der Waals surface area contributed by atoms with Gasteiger partial charge in [-0.2, -0.15) is 0 Å². The summed E-state index contributed by atoms with van der Waals surface area (Å²) >= 11 is 5.93. The molecular formula is C20H27ClN4O2S. The summed E-state index contributed by atoms with van der Waals surface area (Å²) < 4.78 is 25.8. The van der Waals surface area contributed by atoms with Crippen molar-refractivity contribution in [1.29, 1.82) is 0 Å². The van der Waals surface area contributed by atoms with E-state index in [9.17, 15) is 8.42 Å². The van der Waals surface area contributed by atoms with Gasteiger partial charge in [-0.3, -0.25) is 9.62 Å². The fraction of sp³-hybridized carbons (Fsp3) is 0.400.